The zero-order valence-electron chi connectivity index (χ0n) is 3.16. The molecule has 8 heteroatoms. The molecule has 0 aliphatic carbocycles. The smallest absolute Gasteiger partial charge is 1.00 e. The van der Waals surface area contributed by atoms with E-state index >= 15 is 0 Å². The van der Waals surface area contributed by atoms with Crippen LogP contribution in [-0.2, 0) is 37.1 Å². The van der Waals surface area contributed by atoms with E-state index in [1.165, 1.54) is 0 Å². The molecule has 0 radical (unpaired) electrons. The van der Waals surface area contributed by atoms with Crippen LogP contribution in [0.3, 0.4) is 0 Å². The van der Waals surface area contributed by atoms with Crippen LogP contribution in [0.2, 0.25) is 0 Å². The Labute approximate surface area is 110 Å². The molecule has 0 spiro atoms. The molecule has 0 heterocycles. The van der Waals surface area contributed by atoms with Crippen molar-refractivity contribution in [2.24, 2.45) is 0 Å². The minimum Gasteiger partial charge on any atom is -1.00 e. The molecule has 0 atom stereocenters. The summed E-state index contributed by atoms with van der Waals surface area (Å²) in [4.78, 5) is 0. The van der Waals surface area contributed by atoms with E-state index in [9.17, 15) is 0 Å². The van der Waals surface area contributed by atoms with Crippen molar-refractivity contribution >= 4 is 0 Å². The van der Waals surface area contributed by atoms with E-state index in [0.717, 1.165) is 0 Å². The zero-order valence-corrected chi connectivity index (χ0v) is 10.5. The number of rotatable bonds is 0. The van der Waals surface area contributed by atoms with Gasteiger partial charge in [-0.25, -0.2) is 0 Å². The molecule has 8 heavy (non-hydrogen) atoms. The van der Waals surface area contributed by atoms with Crippen molar-refractivity contribution in [3.63, 3.8) is 0 Å². The Balaban J connectivity index is 0. The van der Waals surface area contributed by atoms with Gasteiger partial charge in [-0.2, -0.15) is 0 Å². The average Bonchev–Trinajstić information content (AvgIpc) is 0. The van der Waals surface area contributed by atoms with Crippen LogP contribution < -0.4 is 74.4 Å². The largest absolute Gasteiger partial charge is 3.00 e. The molecule has 0 aromatic carbocycles. The monoisotopic (exact) mass is 312 g/mol. The van der Waals surface area contributed by atoms with E-state index < -0.39 is 0 Å². The minimum atomic E-state index is 0. The van der Waals surface area contributed by atoms with Gasteiger partial charge in [-0.05, 0) is 0 Å². The Bertz CT molecular complexity index is 6.49. The predicted octanol–water partition coefficient (Wildman–Crippen LogP) is -18.0. The Morgan fingerprint density at radius 2 is 0.250 bits per heavy atom. The van der Waals surface area contributed by atoms with Crippen LogP contribution >= 0.6 is 0 Å². The second-order valence-corrected chi connectivity index (χ2v) is 0. The molecule has 0 unspecified atom stereocenters. The summed E-state index contributed by atoms with van der Waals surface area (Å²) in [5.74, 6) is 0. The first-order chi connectivity index (χ1) is 0. The van der Waals surface area contributed by atoms with E-state index in [2.05, 4.69) is 0 Å². The molecule has 0 aliphatic heterocycles. The summed E-state index contributed by atoms with van der Waals surface area (Å²) in [6.07, 6.45) is 0. The summed E-state index contributed by atoms with van der Waals surface area (Å²) in [6.45, 7) is 0. The molecule has 0 saturated carbocycles. The van der Waals surface area contributed by atoms with Crippen LogP contribution in [0.4, 0.5) is 0 Å². The molecule has 0 N–H and O–H groups in total. The van der Waals surface area contributed by atoms with Crippen LogP contribution in [-0.4, -0.2) is 0 Å². The topological polar surface area (TPSA) is 0 Å². The summed E-state index contributed by atoms with van der Waals surface area (Å²) in [7, 11) is 0. The second-order valence-electron chi connectivity index (χ2n) is 0. The standard InChI is InChI=1S/6ClH.2V/h6*1H;;/q;;;;;;2*+3/p-6. The molecule has 0 aliphatic rings. The van der Waals surface area contributed by atoms with E-state index in [4.69, 9.17) is 0 Å². The van der Waals surface area contributed by atoms with Crippen LogP contribution in [0, 0.1) is 0 Å². The average molecular weight is 315 g/mol. The first-order valence-corrected chi connectivity index (χ1v) is 0. The van der Waals surface area contributed by atoms with E-state index in [0.29, 0.717) is 0 Å². The SMILES string of the molecule is [Cl-].[Cl-].[Cl-].[Cl-].[Cl-].[Cl-].[V+3].[V+3]. The van der Waals surface area contributed by atoms with Gasteiger partial charge in [0, 0.05) is 0 Å². The van der Waals surface area contributed by atoms with Crippen molar-refractivity contribution in [1.29, 1.82) is 0 Å². The van der Waals surface area contributed by atoms with Crippen molar-refractivity contribution in [3.05, 3.63) is 0 Å². The fourth-order valence-electron chi connectivity index (χ4n) is 0. The van der Waals surface area contributed by atoms with Gasteiger partial charge < -0.3 is 74.4 Å². The van der Waals surface area contributed by atoms with Crippen molar-refractivity contribution in [2.45, 2.75) is 0 Å². The quantitative estimate of drug-likeness (QED) is 0.417. The molecule has 0 aromatic rings. The van der Waals surface area contributed by atoms with Gasteiger partial charge in [0.1, 0.15) is 0 Å². The fourth-order valence-corrected chi connectivity index (χ4v) is 0. The maximum absolute atomic E-state index is 0. The molecule has 0 bridgehead atoms. The Morgan fingerprint density at radius 3 is 0.250 bits per heavy atom. The summed E-state index contributed by atoms with van der Waals surface area (Å²) in [5.41, 5.74) is 0. The summed E-state index contributed by atoms with van der Waals surface area (Å²) in [6, 6.07) is 0. The van der Waals surface area contributed by atoms with E-state index in [1.807, 2.05) is 0 Å². The third-order valence-corrected chi connectivity index (χ3v) is 0. The Kier molecular flexibility index (Phi) is 1470. The van der Waals surface area contributed by atoms with Crippen molar-refractivity contribution in [3.8, 4) is 0 Å². The third kappa shape index (κ3) is 65.9. The van der Waals surface area contributed by atoms with Crippen molar-refractivity contribution in [1.82, 2.24) is 0 Å². The molecule has 0 amide bonds. The molecule has 0 aromatic heterocycles. The van der Waals surface area contributed by atoms with Gasteiger partial charge in [0.05, 0.1) is 0 Å². The molecular weight excluding hydrogens is 315 g/mol. The van der Waals surface area contributed by atoms with Crippen LogP contribution in [0.15, 0.2) is 0 Å². The number of hydrogen-bond acceptors (Lipinski definition) is 0. The summed E-state index contributed by atoms with van der Waals surface area (Å²) in [5, 5.41) is 0. The van der Waals surface area contributed by atoms with Gasteiger partial charge in [-0.15, -0.1) is 0 Å². The fraction of sp³-hybridized carbons (Fsp3) is 0. The molecular formula is Cl6V2. The van der Waals surface area contributed by atoms with Gasteiger partial charge in [0.15, 0.2) is 0 Å². The second kappa shape index (κ2) is 92.9. The molecule has 0 fully saturated rings. The zero-order chi connectivity index (χ0) is 0. The van der Waals surface area contributed by atoms with E-state index in [1.54, 1.807) is 0 Å². The van der Waals surface area contributed by atoms with Gasteiger partial charge in [0.25, 0.3) is 0 Å². The van der Waals surface area contributed by atoms with Gasteiger partial charge in [0.2, 0.25) is 0 Å². The van der Waals surface area contributed by atoms with Crippen molar-refractivity contribution < 1.29 is 112 Å². The Morgan fingerprint density at radius 1 is 0.250 bits per heavy atom. The first-order valence-electron chi connectivity index (χ1n) is 0. The molecule has 52 valence electrons. The predicted molar refractivity (Wildman–Crippen MR) is 0 cm³/mol. The molecule has 0 nitrogen and oxygen atoms in total. The van der Waals surface area contributed by atoms with Crippen molar-refractivity contribution in [2.75, 3.05) is 0 Å². The molecule has 0 saturated heterocycles. The normalized spacial score (nSPS) is 0. The summed E-state index contributed by atoms with van der Waals surface area (Å²) < 4.78 is 0. The van der Waals surface area contributed by atoms with E-state index in [-0.39, 0.29) is 112 Å². The van der Waals surface area contributed by atoms with Gasteiger partial charge in [-0.1, -0.05) is 0 Å². The van der Waals surface area contributed by atoms with Crippen LogP contribution in [0.1, 0.15) is 0 Å². The van der Waals surface area contributed by atoms with Crippen LogP contribution in [0.5, 0.6) is 0 Å². The number of hydrogen-bond donors (Lipinski definition) is 0. The van der Waals surface area contributed by atoms with Gasteiger partial charge in [-0.3, -0.25) is 0 Å². The Hall–Kier alpha value is 2.91. The first kappa shape index (κ1) is 127. The van der Waals surface area contributed by atoms with Crippen LogP contribution in [0.25, 0.3) is 0 Å². The summed E-state index contributed by atoms with van der Waals surface area (Å²) >= 11 is 0. The molecule has 0 rings (SSSR count). The van der Waals surface area contributed by atoms with Gasteiger partial charge >= 0.3 is 37.1 Å². The maximum atomic E-state index is 0. The minimum absolute atomic E-state index is 0. The number of halogens is 6. The maximum Gasteiger partial charge on any atom is 3.00 e. The third-order valence-electron chi connectivity index (χ3n) is 0.